The van der Waals surface area contributed by atoms with Crippen LogP contribution in [0, 0.1) is 0 Å². The first kappa shape index (κ1) is 12.9. The zero-order valence-electron chi connectivity index (χ0n) is 10.7. The van der Waals surface area contributed by atoms with Crippen molar-refractivity contribution in [1.82, 2.24) is 4.90 Å². The Morgan fingerprint density at radius 1 is 1.20 bits per heavy atom. The van der Waals surface area contributed by atoms with E-state index in [4.69, 9.17) is 5.11 Å². The van der Waals surface area contributed by atoms with Crippen LogP contribution in [0.2, 0.25) is 0 Å². The van der Waals surface area contributed by atoms with Crippen LogP contribution in [0.1, 0.15) is 30.5 Å². The average molecular weight is 287 g/mol. The molecule has 0 fully saturated rings. The van der Waals surface area contributed by atoms with Crippen molar-refractivity contribution in [1.29, 1.82) is 0 Å². The molecule has 1 aliphatic rings. The molecule has 0 bridgehead atoms. The summed E-state index contributed by atoms with van der Waals surface area (Å²) in [6, 6.07) is 10.9. The van der Waals surface area contributed by atoms with Crippen LogP contribution in [-0.4, -0.2) is 28.4 Å². The van der Waals surface area contributed by atoms with E-state index in [9.17, 15) is 9.59 Å². The molecule has 102 valence electrons. The normalized spacial score (nSPS) is 13.9. The molecule has 0 aliphatic carbocycles. The molecule has 4 nitrogen and oxygen atoms in total. The minimum atomic E-state index is -0.898. The molecule has 1 N–H and O–H groups in total. The Kier molecular flexibility index (Phi) is 3.28. The maximum atomic E-state index is 12.4. The Labute approximate surface area is 120 Å². The van der Waals surface area contributed by atoms with Crippen LogP contribution in [0.25, 0.3) is 0 Å². The highest BCUT2D eigenvalue weighted by Gasteiger charge is 2.24. The van der Waals surface area contributed by atoms with Gasteiger partial charge in [0.15, 0.2) is 0 Å². The Morgan fingerprint density at radius 2 is 1.95 bits per heavy atom. The zero-order valence-corrected chi connectivity index (χ0v) is 11.5. The number of nitrogens with zero attached hydrogens (tertiary/aromatic N) is 1. The summed E-state index contributed by atoms with van der Waals surface area (Å²) in [5.74, 6) is -0.898. The van der Waals surface area contributed by atoms with Crippen molar-refractivity contribution in [2.24, 2.45) is 0 Å². The summed E-state index contributed by atoms with van der Waals surface area (Å²) in [7, 11) is 0. The number of carbonyl (C=O) groups excluding carboxylic acids is 1. The molecule has 1 aliphatic heterocycles. The molecule has 0 saturated heterocycles. The second-order valence-electron chi connectivity index (χ2n) is 4.71. The van der Waals surface area contributed by atoms with Crippen molar-refractivity contribution in [3.63, 3.8) is 0 Å². The fraction of sp³-hybridized carbons (Fsp3) is 0.200. The van der Waals surface area contributed by atoms with Crippen LogP contribution in [0.4, 0.5) is 0 Å². The van der Waals surface area contributed by atoms with E-state index in [0.29, 0.717) is 23.5 Å². The first-order valence-corrected chi connectivity index (χ1v) is 7.16. The molecule has 1 aromatic carbocycles. The van der Waals surface area contributed by atoms with Gasteiger partial charge in [0.05, 0.1) is 0 Å². The molecule has 1 amide bonds. The van der Waals surface area contributed by atoms with Crippen LogP contribution >= 0.6 is 11.3 Å². The maximum Gasteiger partial charge on any atom is 0.345 e. The predicted molar refractivity (Wildman–Crippen MR) is 76.2 cm³/mol. The molecule has 0 unspecified atom stereocenters. The number of fused-ring (bicyclic) bond motifs is 1. The summed E-state index contributed by atoms with van der Waals surface area (Å²) in [6.07, 6.45) is 0.728. The smallest absolute Gasteiger partial charge is 0.345 e. The molecule has 0 saturated carbocycles. The third kappa shape index (κ3) is 2.32. The molecule has 5 heteroatoms. The first-order valence-electron chi connectivity index (χ1n) is 6.34. The van der Waals surface area contributed by atoms with Crippen LogP contribution in [0.15, 0.2) is 36.4 Å². The minimum absolute atomic E-state index is 0.000625. The Balaban J connectivity index is 1.82. The van der Waals surface area contributed by atoms with Gasteiger partial charge in [0.2, 0.25) is 0 Å². The summed E-state index contributed by atoms with van der Waals surface area (Å²) in [5.41, 5.74) is 1.63. The highest BCUT2D eigenvalue weighted by molar-refractivity contribution is 7.14. The number of rotatable bonds is 2. The molecule has 0 atom stereocenters. The van der Waals surface area contributed by atoms with E-state index in [2.05, 4.69) is 0 Å². The lowest BCUT2D eigenvalue weighted by Crippen LogP contribution is -2.35. The number of carbonyl (C=O) groups is 2. The Hall–Kier alpha value is -2.14. The van der Waals surface area contributed by atoms with Crippen molar-refractivity contribution in [2.45, 2.75) is 13.0 Å². The fourth-order valence-electron chi connectivity index (χ4n) is 2.38. The number of benzene rings is 1. The van der Waals surface area contributed by atoms with Gasteiger partial charge in [-0.25, -0.2) is 4.79 Å². The van der Waals surface area contributed by atoms with Crippen molar-refractivity contribution >= 4 is 23.2 Å². The van der Waals surface area contributed by atoms with Gasteiger partial charge in [0, 0.05) is 23.5 Å². The van der Waals surface area contributed by atoms with E-state index in [1.807, 2.05) is 18.2 Å². The van der Waals surface area contributed by atoms with E-state index in [1.54, 1.807) is 23.1 Å². The number of amides is 1. The molecular formula is C15H13NO3S. The summed E-state index contributed by atoms with van der Waals surface area (Å²) >= 11 is 1.32. The largest absolute Gasteiger partial charge is 0.477 e. The third-order valence-corrected chi connectivity index (χ3v) is 4.61. The van der Waals surface area contributed by atoms with Gasteiger partial charge in [0.1, 0.15) is 4.88 Å². The molecular weight excluding hydrogens is 274 g/mol. The van der Waals surface area contributed by atoms with Gasteiger partial charge in [-0.1, -0.05) is 18.2 Å². The lowest BCUT2D eigenvalue weighted by Gasteiger charge is -2.27. The topological polar surface area (TPSA) is 57.6 Å². The van der Waals surface area contributed by atoms with E-state index in [0.717, 1.165) is 16.9 Å². The quantitative estimate of drug-likeness (QED) is 0.923. The van der Waals surface area contributed by atoms with E-state index < -0.39 is 5.97 Å². The monoisotopic (exact) mass is 287 g/mol. The summed E-state index contributed by atoms with van der Waals surface area (Å²) in [4.78, 5) is 26.6. The molecule has 3 rings (SSSR count). The van der Waals surface area contributed by atoms with E-state index >= 15 is 0 Å². The SMILES string of the molecule is O=C(O)c1cc2c(s1)CCN(C(=O)c1ccccc1)C2. The Morgan fingerprint density at radius 3 is 2.65 bits per heavy atom. The first-order chi connectivity index (χ1) is 9.65. The van der Waals surface area contributed by atoms with Crippen LogP contribution in [0.3, 0.4) is 0 Å². The van der Waals surface area contributed by atoms with E-state index in [-0.39, 0.29) is 5.91 Å². The number of hydrogen-bond donors (Lipinski definition) is 1. The summed E-state index contributed by atoms with van der Waals surface area (Å²) < 4.78 is 0. The highest BCUT2D eigenvalue weighted by atomic mass is 32.1. The molecule has 2 heterocycles. The number of carboxylic acid groups (broad SMARTS) is 1. The number of aromatic carboxylic acids is 1. The third-order valence-electron chi connectivity index (χ3n) is 3.39. The van der Waals surface area contributed by atoms with Gasteiger partial charge in [-0.15, -0.1) is 11.3 Å². The van der Waals surface area contributed by atoms with Crippen LogP contribution < -0.4 is 0 Å². The van der Waals surface area contributed by atoms with Gasteiger partial charge in [-0.05, 0) is 30.2 Å². The summed E-state index contributed by atoms with van der Waals surface area (Å²) in [6.45, 7) is 1.13. The van der Waals surface area contributed by atoms with E-state index in [1.165, 1.54) is 11.3 Å². The average Bonchev–Trinajstić information content (AvgIpc) is 2.90. The van der Waals surface area contributed by atoms with Crippen LogP contribution in [0.5, 0.6) is 0 Å². The predicted octanol–water partition coefficient (Wildman–Crippen LogP) is 2.64. The number of carboxylic acids is 1. The van der Waals surface area contributed by atoms with Crippen molar-refractivity contribution in [3.05, 3.63) is 57.3 Å². The van der Waals surface area contributed by atoms with Gasteiger partial charge >= 0.3 is 5.97 Å². The molecule has 1 aromatic heterocycles. The second kappa shape index (κ2) is 5.09. The van der Waals surface area contributed by atoms with Gasteiger partial charge in [-0.2, -0.15) is 0 Å². The minimum Gasteiger partial charge on any atom is -0.477 e. The molecule has 2 aromatic rings. The summed E-state index contributed by atoms with van der Waals surface area (Å²) in [5, 5.41) is 9.02. The second-order valence-corrected chi connectivity index (χ2v) is 5.84. The maximum absolute atomic E-state index is 12.4. The zero-order chi connectivity index (χ0) is 14.1. The lowest BCUT2D eigenvalue weighted by atomic mass is 10.1. The van der Waals surface area contributed by atoms with Crippen molar-refractivity contribution in [3.8, 4) is 0 Å². The van der Waals surface area contributed by atoms with Gasteiger partial charge in [0.25, 0.3) is 5.91 Å². The fourth-order valence-corrected chi connectivity index (χ4v) is 3.38. The molecule has 0 spiro atoms. The highest BCUT2D eigenvalue weighted by Crippen LogP contribution is 2.28. The van der Waals surface area contributed by atoms with Crippen molar-refractivity contribution in [2.75, 3.05) is 6.54 Å². The number of thiophene rings is 1. The number of hydrogen-bond acceptors (Lipinski definition) is 3. The molecule has 0 radical (unpaired) electrons. The molecule has 20 heavy (non-hydrogen) atoms. The van der Waals surface area contributed by atoms with Crippen LogP contribution in [-0.2, 0) is 13.0 Å². The van der Waals surface area contributed by atoms with Gasteiger partial charge < -0.3 is 10.0 Å². The van der Waals surface area contributed by atoms with Gasteiger partial charge in [-0.3, -0.25) is 4.79 Å². The lowest BCUT2D eigenvalue weighted by molar-refractivity contribution is 0.0701. The van der Waals surface area contributed by atoms with Crippen molar-refractivity contribution < 1.29 is 14.7 Å². The Bertz CT molecular complexity index is 663. The standard InChI is InChI=1S/C15H13NO3S/c17-14(10-4-2-1-3-5-10)16-7-6-12-11(9-16)8-13(20-12)15(18)19/h1-5,8H,6-7,9H2,(H,18,19).